The zero-order chi connectivity index (χ0) is 24.5. The monoisotopic (exact) mass is 686 g/mol. The Balaban J connectivity index is 1.56. The summed E-state index contributed by atoms with van der Waals surface area (Å²) in [5.41, 5.74) is 0.593. The fraction of sp³-hybridized carbons (Fsp3) is 0.385. The van der Waals surface area contributed by atoms with Gasteiger partial charge in [-0.3, -0.25) is 9.59 Å². The average molecular weight is 686 g/mol. The first kappa shape index (κ1) is 25.6. The predicted molar refractivity (Wildman–Crippen MR) is 148 cm³/mol. The van der Waals surface area contributed by atoms with E-state index in [0.717, 1.165) is 25.5 Å². The molecule has 1 saturated heterocycles. The Morgan fingerprint density at radius 1 is 1.24 bits per heavy atom. The molecule has 2 N–H and O–H groups in total. The molecule has 0 spiro atoms. The molecule has 0 unspecified atom stereocenters. The van der Waals surface area contributed by atoms with Gasteiger partial charge in [0.25, 0.3) is 5.91 Å². The number of benzene rings is 2. The second-order valence-corrected chi connectivity index (χ2v) is 11.4. The highest BCUT2D eigenvalue weighted by molar-refractivity contribution is 14.1. The molecule has 34 heavy (non-hydrogen) atoms. The summed E-state index contributed by atoms with van der Waals surface area (Å²) in [6.45, 7) is 2.82. The van der Waals surface area contributed by atoms with Gasteiger partial charge in [0.1, 0.15) is 0 Å². The lowest BCUT2D eigenvalue weighted by Gasteiger charge is -2.28. The molecule has 0 radical (unpaired) electrons. The van der Waals surface area contributed by atoms with E-state index in [1.54, 1.807) is 22.0 Å². The van der Waals surface area contributed by atoms with Crippen molar-refractivity contribution in [1.29, 1.82) is 0 Å². The number of rotatable bonds is 7. The average Bonchev–Trinajstić information content (AvgIpc) is 3.37. The largest absolute Gasteiger partial charge is 0.394 e. The molecule has 2 aromatic rings. The summed E-state index contributed by atoms with van der Waals surface area (Å²) in [7, 11) is 0. The number of hydrogen-bond acceptors (Lipinski definition) is 4. The number of likely N-dealkylation sites (tertiary alicyclic amines) is 1. The SMILES string of the molecule is C[C@@H](/C=C/CC(=O)N1CCC[C@H]1CO)[C@]1(O)C(=O)N(Cc2cccc(I)c2)c2ccc(I)cc21. The molecule has 8 heteroatoms. The van der Waals surface area contributed by atoms with Crippen LogP contribution in [0, 0.1) is 13.1 Å². The maximum Gasteiger partial charge on any atom is 0.264 e. The van der Waals surface area contributed by atoms with Gasteiger partial charge in [-0.2, -0.15) is 0 Å². The second-order valence-electron chi connectivity index (χ2n) is 8.94. The minimum atomic E-state index is -1.71. The summed E-state index contributed by atoms with van der Waals surface area (Å²) in [5, 5.41) is 21.3. The van der Waals surface area contributed by atoms with E-state index >= 15 is 0 Å². The van der Waals surface area contributed by atoms with Crippen LogP contribution in [-0.2, 0) is 21.7 Å². The van der Waals surface area contributed by atoms with Crippen LogP contribution < -0.4 is 4.90 Å². The third-order valence-electron chi connectivity index (χ3n) is 6.75. The van der Waals surface area contributed by atoms with Crippen molar-refractivity contribution in [2.24, 2.45) is 5.92 Å². The summed E-state index contributed by atoms with van der Waals surface area (Å²) in [5.74, 6) is -0.926. The van der Waals surface area contributed by atoms with Crippen LogP contribution in [0.3, 0.4) is 0 Å². The first-order valence-electron chi connectivity index (χ1n) is 11.4. The third-order valence-corrected chi connectivity index (χ3v) is 8.09. The second kappa shape index (κ2) is 10.6. The standard InChI is InChI=1S/C26H28I2N2O4/c1-17(5-2-9-24(32)29-12-4-8-21(29)16-31)26(34)22-14-20(28)10-11-23(22)30(25(26)33)15-18-6-3-7-19(27)13-18/h2-3,5-7,10-11,13-14,17,21,31,34H,4,8-9,12,15-16H2,1H3/b5-2+/t17-,21-,26+/m0/s1. The van der Waals surface area contributed by atoms with Crippen LogP contribution in [0.15, 0.2) is 54.6 Å². The molecule has 2 heterocycles. The number of carbonyl (C=O) groups is 2. The fourth-order valence-electron chi connectivity index (χ4n) is 4.88. The highest BCUT2D eigenvalue weighted by atomic mass is 127. The molecule has 0 aromatic heterocycles. The van der Waals surface area contributed by atoms with Gasteiger partial charge in [0.2, 0.25) is 5.91 Å². The summed E-state index contributed by atoms with van der Waals surface area (Å²) in [4.78, 5) is 29.6. The van der Waals surface area contributed by atoms with E-state index < -0.39 is 11.5 Å². The Bertz CT molecular complexity index is 1120. The number of carbonyl (C=O) groups excluding carboxylic acids is 2. The summed E-state index contributed by atoms with van der Waals surface area (Å²) < 4.78 is 2.02. The smallest absolute Gasteiger partial charge is 0.264 e. The zero-order valence-corrected chi connectivity index (χ0v) is 23.3. The van der Waals surface area contributed by atoms with E-state index in [-0.39, 0.29) is 30.9 Å². The molecule has 180 valence electrons. The van der Waals surface area contributed by atoms with E-state index in [2.05, 4.69) is 45.2 Å². The zero-order valence-electron chi connectivity index (χ0n) is 19.0. The summed E-state index contributed by atoms with van der Waals surface area (Å²) in [6.07, 6.45) is 5.40. The molecular formula is C26H28I2N2O4. The van der Waals surface area contributed by atoms with Crippen molar-refractivity contribution < 1.29 is 19.8 Å². The first-order chi connectivity index (χ1) is 16.3. The number of aliphatic hydroxyl groups is 2. The number of amides is 2. The van der Waals surface area contributed by atoms with Gasteiger partial charge in [-0.25, -0.2) is 0 Å². The van der Waals surface area contributed by atoms with E-state index in [0.29, 0.717) is 24.3 Å². The van der Waals surface area contributed by atoms with Crippen LogP contribution in [0.5, 0.6) is 0 Å². The Morgan fingerprint density at radius 3 is 2.74 bits per heavy atom. The molecule has 4 rings (SSSR count). The molecule has 2 amide bonds. The maximum atomic E-state index is 13.6. The van der Waals surface area contributed by atoms with Crippen LogP contribution in [-0.4, -0.2) is 46.1 Å². The molecule has 2 aromatic carbocycles. The maximum absolute atomic E-state index is 13.6. The highest BCUT2D eigenvalue weighted by Crippen LogP contribution is 2.46. The molecule has 2 aliphatic rings. The van der Waals surface area contributed by atoms with E-state index in [9.17, 15) is 19.8 Å². The lowest BCUT2D eigenvalue weighted by atomic mass is 9.83. The Labute approximate surface area is 227 Å². The van der Waals surface area contributed by atoms with Crippen LogP contribution >= 0.6 is 45.2 Å². The lowest BCUT2D eigenvalue weighted by Crippen LogP contribution is -2.44. The quantitative estimate of drug-likeness (QED) is 0.339. The van der Waals surface area contributed by atoms with Gasteiger partial charge in [-0.15, -0.1) is 0 Å². The normalized spacial score (nSPS) is 23.1. The molecule has 0 aliphatic carbocycles. The first-order valence-corrected chi connectivity index (χ1v) is 13.6. The number of halogens is 2. The molecule has 0 bridgehead atoms. The van der Waals surface area contributed by atoms with E-state index in [1.165, 1.54) is 0 Å². The molecule has 3 atom stereocenters. The Hall–Kier alpha value is -1.50. The predicted octanol–water partition coefficient (Wildman–Crippen LogP) is 4.20. The van der Waals surface area contributed by atoms with E-state index in [4.69, 9.17) is 0 Å². The Morgan fingerprint density at radius 2 is 2.00 bits per heavy atom. The Kier molecular flexibility index (Phi) is 8.00. The number of aliphatic hydroxyl groups excluding tert-OH is 1. The van der Waals surface area contributed by atoms with Crippen molar-refractivity contribution in [3.63, 3.8) is 0 Å². The summed E-state index contributed by atoms with van der Waals surface area (Å²) in [6, 6.07) is 13.6. The fourth-order valence-corrected chi connectivity index (χ4v) is 5.98. The molecular weight excluding hydrogens is 658 g/mol. The molecule has 6 nitrogen and oxygen atoms in total. The van der Waals surface area contributed by atoms with Crippen molar-refractivity contribution in [1.82, 2.24) is 4.90 Å². The van der Waals surface area contributed by atoms with Crippen LogP contribution in [0.25, 0.3) is 0 Å². The van der Waals surface area contributed by atoms with Crippen LogP contribution in [0.1, 0.15) is 37.3 Å². The number of hydrogen-bond donors (Lipinski definition) is 2. The highest BCUT2D eigenvalue weighted by Gasteiger charge is 2.52. The van der Waals surface area contributed by atoms with Crippen molar-refractivity contribution in [3.05, 3.63) is 72.9 Å². The third kappa shape index (κ3) is 4.91. The van der Waals surface area contributed by atoms with Gasteiger partial charge in [-0.1, -0.05) is 31.2 Å². The minimum Gasteiger partial charge on any atom is -0.394 e. The van der Waals surface area contributed by atoms with Gasteiger partial charge in [0.15, 0.2) is 5.60 Å². The van der Waals surface area contributed by atoms with Gasteiger partial charge < -0.3 is 20.0 Å². The topological polar surface area (TPSA) is 81.1 Å². The molecule has 1 fully saturated rings. The van der Waals surface area contributed by atoms with Gasteiger partial charge >= 0.3 is 0 Å². The van der Waals surface area contributed by atoms with Crippen molar-refractivity contribution in [2.75, 3.05) is 18.1 Å². The van der Waals surface area contributed by atoms with Crippen molar-refractivity contribution in [2.45, 2.75) is 44.4 Å². The van der Waals surface area contributed by atoms with Crippen LogP contribution in [0.4, 0.5) is 5.69 Å². The lowest BCUT2D eigenvalue weighted by molar-refractivity contribution is -0.139. The molecule has 0 saturated carbocycles. The molecule has 2 aliphatic heterocycles. The van der Waals surface area contributed by atoms with Crippen molar-refractivity contribution >= 4 is 62.7 Å². The van der Waals surface area contributed by atoms with Crippen LogP contribution in [0.2, 0.25) is 0 Å². The van der Waals surface area contributed by atoms with Gasteiger partial charge in [0.05, 0.1) is 24.9 Å². The number of fused-ring (bicyclic) bond motifs is 1. The number of nitrogens with zero attached hydrogens (tertiary/aromatic N) is 2. The number of anilines is 1. The van der Waals surface area contributed by atoms with Crippen molar-refractivity contribution in [3.8, 4) is 0 Å². The minimum absolute atomic E-state index is 0.0220. The van der Waals surface area contributed by atoms with E-state index in [1.807, 2.05) is 49.4 Å². The van der Waals surface area contributed by atoms with Gasteiger partial charge in [0, 0.05) is 31.6 Å². The summed E-state index contributed by atoms with van der Waals surface area (Å²) >= 11 is 4.44. The van der Waals surface area contributed by atoms with Gasteiger partial charge in [-0.05, 0) is 93.9 Å².